The molecule has 0 radical (unpaired) electrons. The molecule has 1 aliphatic heterocycles. The van der Waals surface area contributed by atoms with Crippen molar-refractivity contribution in [2.45, 2.75) is 46.1 Å². The summed E-state index contributed by atoms with van der Waals surface area (Å²) in [7, 11) is 0. The lowest BCUT2D eigenvalue weighted by Crippen LogP contribution is -2.39. The molecule has 2 nitrogen and oxygen atoms in total. The van der Waals surface area contributed by atoms with Gasteiger partial charge in [0, 0.05) is 12.6 Å². The highest BCUT2D eigenvalue weighted by molar-refractivity contribution is 5.24. The van der Waals surface area contributed by atoms with Crippen LogP contribution in [0.2, 0.25) is 0 Å². The van der Waals surface area contributed by atoms with E-state index in [0.717, 1.165) is 5.92 Å². The fourth-order valence-electron chi connectivity index (χ4n) is 3.28. The first-order valence-electron chi connectivity index (χ1n) is 8.22. The SMILES string of the molecule is CCCN(CC1CCCNC1)C(C)c1cccc(C)c1. The molecule has 1 aromatic rings. The first-order chi connectivity index (χ1) is 9.70. The Kier molecular flexibility index (Phi) is 6.06. The van der Waals surface area contributed by atoms with Crippen molar-refractivity contribution in [3.05, 3.63) is 35.4 Å². The molecular weight excluding hydrogens is 244 g/mol. The van der Waals surface area contributed by atoms with Crippen molar-refractivity contribution in [2.24, 2.45) is 5.92 Å². The molecule has 1 N–H and O–H groups in total. The van der Waals surface area contributed by atoms with Crippen LogP contribution >= 0.6 is 0 Å². The second-order valence-corrected chi connectivity index (χ2v) is 6.30. The quantitative estimate of drug-likeness (QED) is 0.849. The Morgan fingerprint density at radius 1 is 1.40 bits per heavy atom. The predicted octanol–water partition coefficient (Wildman–Crippen LogP) is 3.77. The molecule has 1 aromatic carbocycles. The Bertz CT molecular complexity index is 396. The van der Waals surface area contributed by atoms with Gasteiger partial charge in [0.2, 0.25) is 0 Å². The Hall–Kier alpha value is -0.860. The molecule has 2 rings (SSSR count). The second-order valence-electron chi connectivity index (χ2n) is 6.30. The lowest BCUT2D eigenvalue weighted by molar-refractivity contribution is 0.163. The molecule has 20 heavy (non-hydrogen) atoms. The molecule has 0 aliphatic carbocycles. The summed E-state index contributed by atoms with van der Waals surface area (Å²) in [6, 6.07) is 9.52. The Balaban J connectivity index is 2.02. The fourth-order valence-corrected chi connectivity index (χ4v) is 3.28. The van der Waals surface area contributed by atoms with E-state index in [4.69, 9.17) is 0 Å². The Morgan fingerprint density at radius 3 is 2.90 bits per heavy atom. The largest absolute Gasteiger partial charge is 0.316 e. The van der Waals surface area contributed by atoms with Gasteiger partial charge in [-0.05, 0) is 64.2 Å². The zero-order chi connectivity index (χ0) is 14.4. The zero-order valence-corrected chi connectivity index (χ0v) is 13.4. The van der Waals surface area contributed by atoms with Crippen molar-refractivity contribution in [3.63, 3.8) is 0 Å². The van der Waals surface area contributed by atoms with Crippen molar-refractivity contribution in [1.82, 2.24) is 10.2 Å². The van der Waals surface area contributed by atoms with E-state index in [0.29, 0.717) is 6.04 Å². The van der Waals surface area contributed by atoms with Crippen LogP contribution in [0.3, 0.4) is 0 Å². The summed E-state index contributed by atoms with van der Waals surface area (Å²) in [4.78, 5) is 2.67. The fraction of sp³-hybridized carbons (Fsp3) is 0.667. The van der Waals surface area contributed by atoms with Gasteiger partial charge in [-0.3, -0.25) is 4.90 Å². The summed E-state index contributed by atoms with van der Waals surface area (Å²) in [5.74, 6) is 0.822. The van der Waals surface area contributed by atoms with Crippen molar-refractivity contribution in [3.8, 4) is 0 Å². The summed E-state index contributed by atoms with van der Waals surface area (Å²) in [5, 5.41) is 3.54. The molecule has 0 aromatic heterocycles. The maximum Gasteiger partial charge on any atom is 0.0320 e. The number of piperidine rings is 1. The van der Waals surface area contributed by atoms with Crippen LogP contribution in [-0.4, -0.2) is 31.1 Å². The lowest BCUT2D eigenvalue weighted by atomic mass is 9.97. The molecule has 0 spiro atoms. The highest BCUT2D eigenvalue weighted by Crippen LogP contribution is 2.24. The number of benzene rings is 1. The van der Waals surface area contributed by atoms with E-state index in [1.165, 1.54) is 56.6 Å². The van der Waals surface area contributed by atoms with E-state index in [1.807, 2.05) is 0 Å². The maximum atomic E-state index is 3.54. The Labute approximate surface area is 124 Å². The van der Waals surface area contributed by atoms with E-state index in [2.05, 4.69) is 55.3 Å². The summed E-state index contributed by atoms with van der Waals surface area (Å²) in [5.41, 5.74) is 2.83. The minimum Gasteiger partial charge on any atom is -0.316 e. The highest BCUT2D eigenvalue weighted by atomic mass is 15.2. The number of hydrogen-bond acceptors (Lipinski definition) is 2. The van der Waals surface area contributed by atoms with Gasteiger partial charge in [-0.25, -0.2) is 0 Å². The van der Waals surface area contributed by atoms with E-state index >= 15 is 0 Å². The van der Waals surface area contributed by atoms with Crippen LogP contribution in [-0.2, 0) is 0 Å². The average molecular weight is 274 g/mol. The van der Waals surface area contributed by atoms with Gasteiger partial charge in [-0.15, -0.1) is 0 Å². The van der Waals surface area contributed by atoms with Crippen LogP contribution in [0.4, 0.5) is 0 Å². The number of nitrogens with zero attached hydrogens (tertiary/aromatic N) is 1. The van der Waals surface area contributed by atoms with Crippen molar-refractivity contribution < 1.29 is 0 Å². The molecule has 2 unspecified atom stereocenters. The standard InChI is InChI=1S/C18H30N2/c1-4-11-20(14-17-8-6-10-19-13-17)16(3)18-9-5-7-15(2)12-18/h5,7,9,12,16-17,19H,4,6,8,10-11,13-14H2,1-3H3. The molecule has 0 bridgehead atoms. The van der Waals surface area contributed by atoms with E-state index in [1.54, 1.807) is 0 Å². The predicted molar refractivity (Wildman–Crippen MR) is 87.1 cm³/mol. The second kappa shape index (κ2) is 7.80. The summed E-state index contributed by atoms with van der Waals surface area (Å²) in [6.07, 6.45) is 3.95. The monoisotopic (exact) mass is 274 g/mol. The number of aryl methyl sites for hydroxylation is 1. The van der Waals surface area contributed by atoms with Crippen molar-refractivity contribution in [1.29, 1.82) is 0 Å². The van der Waals surface area contributed by atoms with Gasteiger partial charge in [0.05, 0.1) is 0 Å². The molecular formula is C18H30N2. The first kappa shape index (κ1) is 15.5. The van der Waals surface area contributed by atoms with Gasteiger partial charge in [-0.1, -0.05) is 36.8 Å². The molecule has 1 aliphatic rings. The average Bonchev–Trinajstić information content (AvgIpc) is 2.47. The molecule has 0 amide bonds. The molecule has 2 atom stereocenters. The van der Waals surface area contributed by atoms with Crippen LogP contribution in [0.5, 0.6) is 0 Å². The van der Waals surface area contributed by atoms with Gasteiger partial charge in [0.15, 0.2) is 0 Å². The van der Waals surface area contributed by atoms with Crippen LogP contribution in [0, 0.1) is 12.8 Å². The van der Waals surface area contributed by atoms with Crippen molar-refractivity contribution in [2.75, 3.05) is 26.2 Å². The minimum absolute atomic E-state index is 0.525. The van der Waals surface area contributed by atoms with E-state index < -0.39 is 0 Å². The molecule has 112 valence electrons. The van der Waals surface area contributed by atoms with E-state index in [-0.39, 0.29) is 0 Å². The molecule has 2 heteroatoms. The van der Waals surface area contributed by atoms with Gasteiger partial charge in [-0.2, -0.15) is 0 Å². The van der Waals surface area contributed by atoms with E-state index in [9.17, 15) is 0 Å². The molecule has 0 saturated carbocycles. The van der Waals surface area contributed by atoms with Crippen LogP contribution < -0.4 is 5.32 Å². The summed E-state index contributed by atoms with van der Waals surface area (Å²) >= 11 is 0. The van der Waals surface area contributed by atoms with Gasteiger partial charge >= 0.3 is 0 Å². The Morgan fingerprint density at radius 2 is 2.25 bits per heavy atom. The number of hydrogen-bond donors (Lipinski definition) is 1. The van der Waals surface area contributed by atoms with Crippen molar-refractivity contribution >= 4 is 0 Å². The normalized spacial score (nSPS) is 21.1. The third-order valence-electron chi connectivity index (χ3n) is 4.47. The summed E-state index contributed by atoms with van der Waals surface area (Å²) < 4.78 is 0. The number of rotatable bonds is 6. The topological polar surface area (TPSA) is 15.3 Å². The smallest absolute Gasteiger partial charge is 0.0320 e. The summed E-state index contributed by atoms with van der Waals surface area (Å²) in [6.45, 7) is 11.7. The first-order valence-corrected chi connectivity index (χ1v) is 8.22. The van der Waals surface area contributed by atoms with Crippen LogP contribution in [0.1, 0.15) is 50.3 Å². The van der Waals surface area contributed by atoms with Gasteiger partial charge in [0.25, 0.3) is 0 Å². The molecule has 1 heterocycles. The molecule has 1 saturated heterocycles. The highest BCUT2D eigenvalue weighted by Gasteiger charge is 2.21. The lowest BCUT2D eigenvalue weighted by Gasteiger charge is -2.34. The zero-order valence-electron chi connectivity index (χ0n) is 13.4. The maximum absolute atomic E-state index is 3.54. The third kappa shape index (κ3) is 4.32. The number of nitrogens with one attached hydrogen (secondary N) is 1. The molecule has 1 fully saturated rings. The van der Waals surface area contributed by atoms with Crippen LogP contribution in [0.15, 0.2) is 24.3 Å². The van der Waals surface area contributed by atoms with Crippen LogP contribution in [0.25, 0.3) is 0 Å². The van der Waals surface area contributed by atoms with Gasteiger partial charge in [0.1, 0.15) is 0 Å². The minimum atomic E-state index is 0.525. The third-order valence-corrected chi connectivity index (χ3v) is 4.47. The van der Waals surface area contributed by atoms with Gasteiger partial charge < -0.3 is 5.32 Å².